The lowest BCUT2D eigenvalue weighted by atomic mass is 9.61. The maximum absolute atomic E-state index is 14.1. The topological polar surface area (TPSA) is 93.7 Å². The quantitative estimate of drug-likeness (QED) is 0.743. The second kappa shape index (κ2) is 6.73. The third-order valence-corrected chi connectivity index (χ3v) is 6.27. The normalized spacial score (nSPS) is 24.5. The van der Waals surface area contributed by atoms with E-state index in [0.717, 1.165) is 0 Å². The maximum Gasteiger partial charge on any atom is 0.248 e. The van der Waals surface area contributed by atoms with E-state index in [0.29, 0.717) is 28.9 Å². The summed E-state index contributed by atoms with van der Waals surface area (Å²) in [5.41, 5.74) is 6.90. The highest BCUT2D eigenvalue weighted by Gasteiger charge is 2.63. The first kappa shape index (κ1) is 20.7. The number of fused-ring (bicyclic) bond motifs is 3. The Morgan fingerprint density at radius 1 is 1.23 bits per heavy atom. The molecule has 0 aromatic heterocycles. The average Bonchev–Trinajstić information content (AvgIpc) is 2.91. The zero-order chi connectivity index (χ0) is 22.7. The van der Waals surface area contributed by atoms with Crippen LogP contribution in [0.2, 0.25) is 0 Å². The minimum Gasteiger partial charge on any atom is -0.383 e. The fourth-order valence-electron chi connectivity index (χ4n) is 5.25. The highest BCUT2D eigenvalue weighted by molar-refractivity contribution is 6.20. The lowest BCUT2D eigenvalue weighted by molar-refractivity contribution is -0.125. The van der Waals surface area contributed by atoms with Crippen LogP contribution in [0, 0.1) is 29.1 Å². The number of anilines is 1. The minimum atomic E-state index is -1.58. The Morgan fingerprint density at radius 2 is 1.90 bits per heavy atom. The number of ketones is 1. The summed E-state index contributed by atoms with van der Waals surface area (Å²) in [7, 11) is 3.59. The molecule has 0 radical (unpaired) electrons. The first-order valence-electron chi connectivity index (χ1n) is 10.1. The van der Waals surface area contributed by atoms with Gasteiger partial charge in [-0.3, -0.25) is 19.5 Å². The van der Waals surface area contributed by atoms with Gasteiger partial charge in [-0.1, -0.05) is 38.0 Å². The Balaban J connectivity index is 2.16. The summed E-state index contributed by atoms with van der Waals surface area (Å²) >= 11 is 0. The number of hydrogen-bond donors (Lipinski definition) is 1. The van der Waals surface area contributed by atoms with Crippen LogP contribution in [-0.4, -0.2) is 42.3 Å². The summed E-state index contributed by atoms with van der Waals surface area (Å²) in [4.78, 5) is 29.2. The van der Waals surface area contributed by atoms with Crippen LogP contribution in [-0.2, 0) is 15.0 Å². The van der Waals surface area contributed by atoms with E-state index in [1.807, 2.05) is 19.9 Å². The van der Waals surface area contributed by atoms with Crippen molar-refractivity contribution < 1.29 is 9.59 Å². The summed E-state index contributed by atoms with van der Waals surface area (Å²) in [5, 5.41) is 13.7. The van der Waals surface area contributed by atoms with Gasteiger partial charge in [0.25, 0.3) is 0 Å². The average molecular weight is 415 g/mol. The molecule has 0 unspecified atom stereocenters. The first-order chi connectivity index (χ1) is 14.6. The number of hydrazine groups is 1. The Bertz CT molecular complexity index is 1160. The van der Waals surface area contributed by atoms with Gasteiger partial charge >= 0.3 is 0 Å². The number of carbonyl (C=O) groups is 2. The second-order valence-corrected chi connectivity index (χ2v) is 9.16. The molecule has 2 heterocycles. The van der Waals surface area contributed by atoms with Crippen molar-refractivity contribution in [3.05, 3.63) is 52.5 Å². The SMILES string of the molecule is C#CCN1C(=O)[C@]2(C(C#N)=C(N)N(N(C)C)C3=C2C(=O)CC(C)(C)C3)c2ccccc21. The van der Waals surface area contributed by atoms with Crippen LogP contribution in [0.1, 0.15) is 32.3 Å². The van der Waals surface area contributed by atoms with Gasteiger partial charge in [-0.05, 0) is 17.9 Å². The number of allylic oxidation sites excluding steroid dienone is 1. The number of hydrogen-bond acceptors (Lipinski definition) is 6. The molecular weight excluding hydrogens is 390 g/mol. The number of rotatable bonds is 2. The Labute approximate surface area is 182 Å². The second-order valence-electron chi connectivity index (χ2n) is 9.16. The first-order valence-corrected chi connectivity index (χ1v) is 10.1. The van der Waals surface area contributed by atoms with Crippen molar-refractivity contribution in [3.63, 3.8) is 0 Å². The van der Waals surface area contributed by atoms with Gasteiger partial charge in [-0.2, -0.15) is 5.26 Å². The van der Waals surface area contributed by atoms with Crippen molar-refractivity contribution in [1.29, 1.82) is 5.26 Å². The number of benzene rings is 1. The molecule has 0 saturated carbocycles. The lowest BCUT2D eigenvalue weighted by Crippen LogP contribution is -2.55. The fourth-order valence-corrected chi connectivity index (χ4v) is 5.25. The van der Waals surface area contributed by atoms with Crippen LogP contribution in [0.4, 0.5) is 5.69 Å². The summed E-state index contributed by atoms with van der Waals surface area (Å²) in [6.45, 7) is 4.07. The summed E-state index contributed by atoms with van der Waals surface area (Å²) in [6.07, 6.45) is 6.37. The molecule has 7 nitrogen and oxygen atoms in total. The van der Waals surface area contributed by atoms with Crippen LogP contribution < -0.4 is 10.6 Å². The number of carbonyl (C=O) groups excluding carboxylic acids is 2. The molecule has 1 aromatic rings. The van der Waals surface area contributed by atoms with Gasteiger partial charge in [0, 0.05) is 43.0 Å². The van der Waals surface area contributed by atoms with Crippen molar-refractivity contribution in [2.45, 2.75) is 32.1 Å². The molecule has 2 aliphatic heterocycles. The number of nitriles is 1. The van der Waals surface area contributed by atoms with E-state index >= 15 is 0 Å². The van der Waals surface area contributed by atoms with Crippen molar-refractivity contribution in [2.24, 2.45) is 11.1 Å². The molecule has 0 fully saturated rings. The Kier molecular flexibility index (Phi) is 4.50. The van der Waals surface area contributed by atoms with E-state index in [2.05, 4.69) is 12.0 Å². The van der Waals surface area contributed by atoms with Crippen molar-refractivity contribution in [2.75, 3.05) is 25.5 Å². The van der Waals surface area contributed by atoms with E-state index in [-0.39, 0.29) is 35.6 Å². The van der Waals surface area contributed by atoms with Crippen LogP contribution >= 0.6 is 0 Å². The smallest absolute Gasteiger partial charge is 0.248 e. The van der Waals surface area contributed by atoms with E-state index in [1.54, 1.807) is 42.3 Å². The molecule has 1 aromatic carbocycles. The van der Waals surface area contributed by atoms with Gasteiger partial charge in [0.05, 0.1) is 12.1 Å². The molecule has 3 aliphatic rings. The van der Waals surface area contributed by atoms with E-state index < -0.39 is 11.3 Å². The van der Waals surface area contributed by atoms with Crippen molar-refractivity contribution >= 4 is 17.4 Å². The number of terminal acetylenes is 1. The zero-order valence-electron chi connectivity index (χ0n) is 18.2. The van der Waals surface area contributed by atoms with Crippen LogP contribution in [0.15, 0.2) is 46.9 Å². The molecular formula is C24H25N5O2. The third kappa shape index (κ3) is 2.57. The van der Waals surface area contributed by atoms with Gasteiger partial charge in [0.15, 0.2) is 5.78 Å². The molecule has 0 saturated heterocycles. The van der Waals surface area contributed by atoms with Crippen molar-refractivity contribution in [1.82, 2.24) is 10.0 Å². The molecule has 1 spiro atoms. The predicted octanol–water partition coefficient (Wildman–Crippen LogP) is 2.03. The predicted molar refractivity (Wildman–Crippen MR) is 117 cm³/mol. The molecule has 1 atom stereocenters. The number of Topliss-reactive ketones (excluding diaryl/α,β-unsaturated/α-hetero) is 1. The molecule has 4 rings (SSSR count). The third-order valence-electron chi connectivity index (χ3n) is 6.27. The molecule has 1 aliphatic carbocycles. The van der Waals surface area contributed by atoms with Gasteiger partial charge < -0.3 is 5.73 Å². The van der Waals surface area contributed by atoms with Crippen LogP contribution in [0.5, 0.6) is 0 Å². The number of para-hydroxylation sites is 1. The molecule has 7 heteroatoms. The molecule has 31 heavy (non-hydrogen) atoms. The number of nitrogens with two attached hydrogens (primary N) is 1. The van der Waals surface area contributed by atoms with E-state index in [1.165, 1.54) is 4.90 Å². The monoisotopic (exact) mass is 415 g/mol. The molecule has 0 bridgehead atoms. The molecule has 1 amide bonds. The van der Waals surface area contributed by atoms with Crippen LogP contribution in [0.3, 0.4) is 0 Å². The van der Waals surface area contributed by atoms with Gasteiger partial charge in [-0.25, -0.2) is 5.01 Å². The summed E-state index contributed by atoms with van der Waals surface area (Å²) < 4.78 is 0. The van der Waals surface area contributed by atoms with Gasteiger partial charge in [-0.15, -0.1) is 6.42 Å². The van der Waals surface area contributed by atoms with E-state index in [9.17, 15) is 14.9 Å². The molecule has 158 valence electrons. The summed E-state index contributed by atoms with van der Waals surface area (Å²) in [5.74, 6) is 2.13. The maximum atomic E-state index is 14.1. The highest BCUT2D eigenvalue weighted by atomic mass is 16.2. The Hall–Kier alpha value is -3.55. The van der Waals surface area contributed by atoms with E-state index in [4.69, 9.17) is 12.2 Å². The zero-order valence-corrected chi connectivity index (χ0v) is 18.2. The minimum absolute atomic E-state index is 0.0376. The summed E-state index contributed by atoms with van der Waals surface area (Å²) in [6, 6.07) is 9.37. The fraction of sp³-hybridized carbons (Fsp3) is 0.375. The molecule has 2 N–H and O–H groups in total. The Morgan fingerprint density at radius 3 is 2.52 bits per heavy atom. The van der Waals surface area contributed by atoms with Crippen LogP contribution in [0.25, 0.3) is 0 Å². The lowest BCUT2D eigenvalue weighted by Gasteiger charge is -2.48. The standard InChI is InChI=1S/C24H25N5O2/c1-6-11-28-17-10-8-7-9-15(17)24(22(28)31)16(14-25)21(26)29(27(4)5)18-12-23(2,3)13-19(30)20(18)24/h1,7-10H,11-13,26H2,2-5H3/t24-/m0/s1. The number of nitrogens with zero attached hydrogens (tertiary/aromatic N) is 4. The van der Waals surface area contributed by atoms with Gasteiger partial charge in [0.2, 0.25) is 5.91 Å². The van der Waals surface area contributed by atoms with Gasteiger partial charge in [0.1, 0.15) is 17.3 Å². The largest absolute Gasteiger partial charge is 0.383 e. The highest BCUT2D eigenvalue weighted by Crippen LogP contribution is 2.57. The van der Waals surface area contributed by atoms with Crippen molar-refractivity contribution in [3.8, 4) is 18.4 Å². The number of amides is 1.